The van der Waals surface area contributed by atoms with Gasteiger partial charge in [0.05, 0.1) is 0 Å². The van der Waals surface area contributed by atoms with E-state index in [9.17, 15) is 4.39 Å². The van der Waals surface area contributed by atoms with Crippen LogP contribution in [0.5, 0.6) is 0 Å². The fourth-order valence-electron chi connectivity index (χ4n) is 2.08. The molecule has 2 nitrogen and oxygen atoms in total. The SMILES string of the molecule is CSCCCCNc1cc(C)nc2c(F)cccc12. The van der Waals surface area contributed by atoms with Crippen molar-refractivity contribution in [3.63, 3.8) is 0 Å². The van der Waals surface area contributed by atoms with Crippen LogP contribution in [-0.2, 0) is 0 Å². The number of rotatable bonds is 6. The number of anilines is 1. The summed E-state index contributed by atoms with van der Waals surface area (Å²) in [7, 11) is 0. The van der Waals surface area contributed by atoms with Crippen molar-refractivity contribution in [1.29, 1.82) is 0 Å². The molecule has 0 amide bonds. The second kappa shape index (κ2) is 6.75. The summed E-state index contributed by atoms with van der Waals surface area (Å²) in [6.07, 6.45) is 4.44. The van der Waals surface area contributed by atoms with Crippen LogP contribution in [0.4, 0.5) is 10.1 Å². The van der Waals surface area contributed by atoms with Gasteiger partial charge in [-0.25, -0.2) is 9.37 Å². The minimum atomic E-state index is -0.258. The molecule has 0 aliphatic rings. The van der Waals surface area contributed by atoms with Gasteiger partial charge in [-0.2, -0.15) is 11.8 Å². The molecule has 0 saturated carbocycles. The third-order valence-electron chi connectivity index (χ3n) is 3.01. The highest BCUT2D eigenvalue weighted by Crippen LogP contribution is 2.25. The summed E-state index contributed by atoms with van der Waals surface area (Å²) in [5.74, 6) is 0.929. The van der Waals surface area contributed by atoms with E-state index in [2.05, 4.69) is 16.6 Å². The van der Waals surface area contributed by atoms with Crippen molar-refractivity contribution < 1.29 is 4.39 Å². The predicted molar refractivity (Wildman–Crippen MR) is 82.5 cm³/mol. The van der Waals surface area contributed by atoms with Crippen molar-refractivity contribution in [2.24, 2.45) is 0 Å². The van der Waals surface area contributed by atoms with Gasteiger partial charge in [0.2, 0.25) is 0 Å². The first-order chi connectivity index (χ1) is 9.22. The second-order valence-electron chi connectivity index (χ2n) is 4.57. The molecule has 0 aliphatic heterocycles. The lowest BCUT2D eigenvalue weighted by molar-refractivity contribution is 0.636. The fourth-order valence-corrected chi connectivity index (χ4v) is 2.58. The largest absolute Gasteiger partial charge is 0.384 e. The average molecular weight is 278 g/mol. The number of fused-ring (bicyclic) bond motifs is 1. The summed E-state index contributed by atoms with van der Waals surface area (Å²) in [5.41, 5.74) is 2.27. The molecule has 0 fully saturated rings. The molecule has 0 spiro atoms. The van der Waals surface area contributed by atoms with Crippen LogP contribution in [0.25, 0.3) is 10.9 Å². The lowest BCUT2D eigenvalue weighted by Gasteiger charge is -2.11. The first-order valence-corrected chi connectivity index (χ1v) is 7.90. The van der Waals surface area contributed by atoms with Crippen molar-refractivity contribution in [1.82, 2.24) is 4.98 Å². The number of nitrogens with zero attached hydrogens (tertiary/aromatic N) is 1. The number of hydrogen-bond donors (Lipinski definition) is 1. The molecule has 19 heavy (non-hydrogen) atoms. The van der Waals surface area contributed by atoms with E-state index in [1.54, 1.807) is 6.07 Å². The van der Waals surface area contributed by atoms with E-state index in [0.717, 1.165) is 29.7 Å². The average Bonchev–Trinajstić information content (AvgIpc) is 2.39. The second-order valence-corrected chi connectivity index (χ2v) is 5.56. The van der Waals surface area contributed by atoms with Crippen LogP contribution in [0, 0.1) is 12.7 Å². The Bertz CT molecular complexity index is 557. The van der Waals surface area contributed by atoms with Gasteiger partial charge in [-0.1, -0.05) is 12.1 Å². The maximum absolute atomic E-state index is 13.7. The van der Waals surface area contributed by atoms with Gasteiger partial charge >= 0.3 is 0 Å². The zero-order valence-corrected chi connectivity index (χ0v) is 12.2. The predicted octanol–water partition coefficient (Wildman–Crippen LogP) is 4.24. The van der Waals surface area contributed by atoms with Crippen LogP contribution in [0.15, 0.2) is 24.3 Å². The van der Waals surface area contributed by atoms with E-state index < -0.39 is 0 Å². The molecule has 2 rings (SSSR count). The molecule has 1 heterocycles. The minimum Gasteiger partial charge on any atom is -0.384 e. The molecule has 1 aromatic carbocycles. The van der Waals surface area contributed by atoms with Crippen molar-refractivity contribution in [3.05, 3.63) is 35.8 Å². The maximum atomic E-state index is 13.7. The van der Waals surface area contributed by atoms with Crippen LogP contribution in [0.3, 0.4) is 0 Å². The van der Waals surface area contributed by atoms with Gasteiger partial charge in [-0.3, -0.25) is 0 Å². The van der Waals surface area contributed by atoms with E-state index in [-0.39, 0.29) is 5.82 Å². The Kier molecular flexibility index (Phi) is 5.02. The fraction of sp³-hybridized carbons (Fsp3) is 0.400. The number of halogens is 1. The zero-order chi connectivity index (χ0) is 13.7. The molecular weight excluding hydrogens is 259 g/mol. The van der Waals surface area contributed by atoms with Crippen molar-refractivity contribution in [3.8, 4) is 0 Å². The van der Waals surface area contributed by atoms with Gasteiger partial charge < -0.3 is 5.32 Å². The smallest absolute Gasteiger partial charge is 0.149 e. The number of thioether (sulfide) groups is 1. The van der Waals surface area contributed by atoms with Gasteiger partial charge in [0, 0.05) is 23.3 Å². The molecule has 102 valence electrons. The summed E-state index contributed by atoms with van der Waals surface area (Å²) in [6.45, 7) is 2.81. The number of pyridine rings is 1. The number of hydrogen-bond acceptors (Lipinski definition) is 3. The van der Waals surface area contributed by atoms with E-state index in [0.29, 0.717) is 5.52 Å². The maximum Gasteiger partial charge on any atom is 0.149 e. The van der Waals surface area contributed by atoms with Crippen LogP contribution in [0.2, 0.25) is 0 Å². The van der Waals surface area contributed by atoms with Gasteiger partial charge in [0.15, 0.2) is 0 Å². The van der Waals surface area contributed by atoms with E-state index in [4.69, 9.17) is 0 Å². The Morgan fingerprint density at radius 2 is 2.16 bits per heavy atom. The molecule has 0 atom stereocenters. The van der Waals surface area contributed by atoms with E-state index in [1.165, 1.54) is 18.2 Å². The Morgan fingerprint density at radius 3 is 2.95 bits per heavy atom. The van der Waals surface area contributed by atoms with Gasteiger partial charge in [-0.15, -0.1) is 0 Å². The molecule has 0 saturated heterocycles. The highest BCUT2D eigenvalue weighted by molar-refractivity contribution is 7.98. The third kappa shape index (κ3) is 3.60. The molecule has 0 bridgehead atoms. The van der Waals surface area contributed by atoms with Crippen molar-refractivity contribution >= 4 is 28.4 Å². The molecule has 0 unspecified atom stereocenters. The molecular formula is C15H19FN2S. The van der Waals surface area contributed by atoms with Crippen LogP contribution in [-0.4, -0.2) is 23.5 Å². The standard InChI is InChI=1S/C15H19FN2S/c1-11-10-14(17-8-3-4-9-19-2)12-6-5-7-13(16)15(12)18-11/h5-7,10H,3-4,8-9H2,1-2H3,(H,17,18). The summed E-state index contributed by atoms with van der Waals surface area (Å²) in [4.78, 5) is 4.28. The lowest BCUT2D eigenvalue weighted by Crippen LogP contribution is -2.04. The first-order valence-electron chi connectivity index (χ1n) is 6.51. The third-order valence-corrected chi connectivity index (χ3v) is 3.71. The Morgan fingerprint density at radius 1 is 1.32 bits per heavy atom. The topological polar surface area (TPSA) is 24.9 Å². The summed E-state index contributed by atoms with van der Waals surface area (Å²) in [5, 5.41) is 4.26. The van der Waals surface area contributed by atoms with E-state index >= 15 is 0 Å². The van der Waals surface area contributed by atoms with Gasteiger partial charge in [0.25, 0.3) is 0 Å². The van der Waals surface area contributed by atoms with Crippen LogP contribution < -0.4 is 5.32 Å². The van der Waals surface area contributed by atoms with Crippen molar-refractivity contribution in [2.45, 2.75) is 19.8 Å². The lowest BCUT2D eigenvalue weighted by atomic mass is 10.1. The summed E-state index contributed by atoms with van der Waals surface area (Å²) in [6, 6.07) is 7.08. The Hall–Kier alpha value is -1.29. The quantitative estimate of drug-likeness (QED) is 0.800. The van der Waals surface area contributed by atoms with Gasteiger partial charge in [0.1, 0.15) is 11.3 Å². The Labute approximate surface area is 117 Å². The van der Waals surface area contributed by atoms with Crippen molar-refractivity contribution in [2.75, 3.05) is 23.9 Å². The number of benzene rings is 1. The number of aryl methyl sites for hydroxylation is 1. The molecule has 0 aliphatic carbocycles. The van der Waals surface area contributed by atoms with Crippen LogP contribution >= 0.6 is 11.8 Å². The summed E-state index contributed by atoms with van der Waals surface area (Å²) >= 11 is 1.87. The molecule has 1 aromatic heterocycles. The van der Waals surface area contributed by atoms with Crippen LogP contribution in [0.1, 0.15) is 18.5 Å². The number of aromatic nitrogens is 1. The minimum absolute atomic E-state index is 0.258. The molecule has 4 heteroatoms. The molecule has 1 N–H and O–H groups in total. The number of nitrogens with one attached hydrogen (secondary N) is 1. The highest BCUT2D eigenvalue weighted by Gasteiger charge is 2.07. The zero-order valence-electron chi connectivity index (χ0n) is 11.4. The number of unbranched alkanes of at least 4 members (excludes halogenated alkanes) is 1. The normalized spacial score (nSPS) is 10.9. The highest BCUT2D eigenvalue weighted by atomic mass is 32.2. The van der Waals surface area contributed by atoms with Gasteiger partial charge in [-0.05, 0) is 43.9 Å². The summed E-state index contributed by atoms with van der Waals surface area (Å²) < 4.78 is 13.7. The monoisotopic (exact) mass is 278 g/mol. The number of para-hydroxylation sites is 1. The molecule has 0 radical (unpaired) electrons. The molecule has 2 aromatic rings. The van der Waals surface area contributed by atoms with E-state index in [1.807, 2.05) is 30.8 Å². The first kappa shape index (κ1) is 14.1. The Balaban J connectivity index is 2.16.